The fraction of sp³-hybridized carbons (Fsp3) is 0.593. The van der Waals surface area contributed by atoms with Crippen molar-refractivity contribution in [3.8, 4) is 0 Å². The molecule has 0 aliphatic rings. The highest BCUT2D eigenvalue weighted by atomic mass is 16.7. The lowest BCUT2D eigenvalue weighted by Gasteiger charge is -2.20. The van der Waals surface area contributed by atoms with Gasteiger partial charge in [-0.2, -0.15) is 0 Å². The standard InChI is InChI=1S/C25H40N2O10.C2H6/c1-17(2)9-10-21(13-33-23(28)18(3)4)36-24(29)26-14-27-25(30)37-22(11-31-15-34-19(5)6)12-32-16-35-20(7)8;1-2/h21-22H,1,3,5,7,9-16H2,2,4,6,8H3,(H,26,29)(H,27,30);1-2H3. The molecular weight excluding hydrogens is 512 g/mol. The molecule has 39 heavy (non-hydrogen) atoms. The summed E-state index contributed by atoms with van der Waals surface area (Å²) >= 11 is 0. The minimum Gasteiger partial charge on any atom is -0.473 e. The predicted molar refractivity (Wildman–Crippen MR) is 146 cm³/mol. The van der Waals surface area contributed by atoms with Crippen LogP contribution in [0.25, 0.3) is 0 Å². The summed E-state index contributed by atoms with van der Waals surface area (Å²) in [6.45, 7) is 24.5. The van der Waals surface area contributed by atoms with Crippen molar-refractivity contribution in [3.63, 3.8) is 0 Å². The van der Waals surface area contributed by atoms with Gasteiger partial charge in [0.25, 0.3) is 0 Å². The molecule has 12 heteroatoms. The molecule has 224 valence electrons. The zero-order valence-corrected chi connectivity index (χ0v) is 24.2. The van der Waals surface area contributed by atoms with Crippen LogP contribution in [0, 0.1) is 0 Å². The SMILES string of the molecule is C=C(C)CCC(COC(=O)C(=C)C)OC(=O)NCNC(=O)OC(COCOC(=C)C)COCOC(=C)C.CC. The third kappa shape index (κ3) is 24.6. The van der Waals surface area contributed by atoms with Crippen LogP contribution >= 0.6 is 0 Å². The molecule has 0 aromatic carbocycles. The third-order valence-corrected chi connectivity index (χ3v) is 4.04. The first-order chi connectivity index (χ1) is 18.4. The molecule has 0 aliphatic carbocycles. The Morgan fingerprint density at radius 1 is 0.692 bits per heavy atom. The van der Waals surface area contributed by atoms with E-state index in [1.807, 2.05) is 20.8 Å². The Labute approximate surface area is 232 Å². The highest BCUT2D eigenvalue weighted by molar-refractivity contribution is 5.86. The van der Waals surface area contributed by atoms with Crippen molar-refractivity contribution >= 4 is 18.2 Å². The third-order valence-electron chi connectivity index (χ3n) is 4.04. The molecule has 0 rings (SSSR count). The molecular formula is C27H46N2O10. The maximum absolute atomic E-state index is 12.2. The quantitative estimate of drug-likeness (QED) is 0.0411. The largest absolute Gasteiger partial charge is 0.473 e. The highest BCUT2D eigenvalue weighted by Gasteiger charge is 2.19. The van der Waals surface area contributed by atoms with Crippen molar-refractivity contribution in [2.75, 3.05) is 40.1 Å². The number of alkyl carbamates (subject to hydrolysis) is 2. The van der Waals surface area contributed by atoms with E-state index < -0.39 is 30.4 Å². The first-order valence-electron chi connectivity index (χ1n) is 12.5. The minimum absolute atomic E-state index is 0.0312. The second-order valence-electron chi connectivity index (χ2n) is 8.13. The Balaban J connectivity index is 0. The van der Waals surface area contributed by atoms with Crippen LogP contribution in [0.4, 0.5) is 9.59 Å². The summed E-state index contributed by atoms with van der Waals surface area (Å²) in [5.74, 6) is 0.346. The zero-order valence-electron chi connectivity index (χ0n) is 24.2. The molecule has 12 nitrogen and oxygen atoms in total. The van der Waals surface area contributed by atoms with Crippen LogP contribution in [-0.2, 0) is 38.0 Å². The maximum Gasteiger partial charge on any atom is 0.408 e. The van der Waals surface area contributed by atoms with Crippen molar-refractivity contribution < 1.29 is 47.5 Å². The molecule has 1 unspecified atom stereocenters. The molecule has 0 aromatic rings. The Hall–Kier alpha value is -3.51. The molecule has 2 amide bonds. The molecule has 0 bridgehead atoms. The Kier molecular flexibility index (Phi) is 22.8. The van der Waals surface area contributed by atoms with Gasteiger partial charge in [0.1, 0.15) is 12.7 Å². The first-order valence-corrected chi connectivity index (χ1v) is 12.5. The number of carbonyl (C=O) groups excluding carboxylic acids is 3. The lowest BCUT2D eigenvalue weighted by Crippen LogP contribution is -2.42. The van der Waals surface area contributed by atoms with Crippen LogP contribution < -0.4 is 10.6 Å². The number of amides is 2. The minimum atomic E-state index is -0.839. The number of esters is 1. The predicted octanol–water partition coefficient (Wildman–Crippen LogP) is 4.68. The molecule has 1 atom stereocenters. The van der Waals surface area contributed by atoms with Crippen LogP contribution in [0.2, 0.25) is 0 Å². The summed E-state index contributed by atoms with van der Waals surface area (Å²) in [6.07, 6.45) is -2.22. The van der Waals surface area contributed by atoms with E-state index in [9.17, 15) is 14.4 Å². The summed E-state index contributed by atoms with van der Waals surface area (Å²) < 4.78 is 36.4. The summed E-state index contributed by atoms with van der Waals surface area (Å²) in [7, 11) is 0. The van der Waals surface area contributed by atoms with Crippen molar-refractivity contribution in [1.29, 1.82) is 0 Å². The average molecular weight is 559 g/mol. The van der Waals surface area contributed by atoms with E-state index in [0.29, 0.717) is 24.4 Å². The van der Waals surface area contributed by atoms with Gasteiger partial charge in [0, 0.05) is 5.57 Å². The average Bonchev–Trinajstić information content (AvgIpc) is 2.86. The van der Waals surface area contributed by atoms with Gasteiger partial charge >= 0.3 is 18.2 Å². The maximum atomic E-state index is 12.2. The number of ether oxygens (including phenoxy) is 7. The van der Waals surface area contributed by atoms with Crippen molar-refractivity contribution in [2.45, 2.75) is 66.6 Å². The fourth-order valence-corrected chi connectivity index (χ4v) is 2.21. The second kappa shape index (κ2) is 23.6. The van der Waals surface area contributed by atoms with Gasteiger partial charge in [-0.1, -0.05) is 39.2 Å². The smallest absolute Gasteiger partial charge is 0.408 e. The lowest BCUT2D eigenvalue weighted by atomic mass is 10.1. The van der Waals surface area contributed by atoms with Crippen molar-refractivity contribution in [1.82, 2.24) is 10.6 Å². The van der Waals surface area contributed by atoms with E-state index in [0.717, 1.165) is 5.57 Å². The number of allylic oxidation sites excluding steroid dienone is 3. The fourth-order valence-electron chi connectivity index (χ4n) is 2.21. The molecule has 0 spiro atoms. The van der Waals surface area contributed by atoms with Crippen molar-refractivity contribution in [2.24, 2.45) is 0 Å². The Bertz CT molecular complexity index is 775. The van der Waals surface area contributed by atoms with E-state index in [1.54, 1.807) is 13.8 Å². The van der Waals surface area contributed by atoms with Gasteiger partial charge in [-0.25, -0.2) is 14.4 Å². The first kappa shape index (κ1) is 37.6. The Morgan fingerprint density at radius 2 is 1.15 bits per heavy atom. The molecule has 0 saturated carbocycles. The van der Waals surface area contributed by atoms with E-state index in [2.05, 4.69) is 36.9 Å². The zero-order chi connectivity index (χ0) is 30.2. The lowest BCUT2D eigenvalue weighted by molar-refractivity contribution is -0.142. The van der Waals surface area contributed by atoms with E-state index >= 15 is 0 Å². The highest BCUT2D eigenvalue weighted by Crippen LogP contribution is 2.10. The number of nitrogens with one attached hydrogen (secondary N) is 2. The molecule has 0 aliphatic heterocycles. The van der Waals surface area contributed by atoms with Crippen LogP contribution in [0.3, 0.4) is 0 Å². The van der Waals surface area contributed by atoms with Gasteiger partial charge < -0.3 is 43.8 Å². The topological polar surface area (TPSA) is 140 Å². The van der Waals surface area contributed by atoms with E-state index in [1.165, 1.54) is 6.92 Å². The molecule has 0 heterocycles. The van der Waals surface area contributed by atoms with Crippen LogP contribution in [-0.4, -0.2) is 70.4 Å². The number of hydrogen-bond donors (Lipinski definition) is 2. The number of rotatable bonds is 20. The normalized spacial score (nSPS) is 10.6. The molecule has 0 aromatic heterocycles. The van der Waals surface area contributed by atoms with Gasteiger partial charge in [-0.3, -0.25) is 0 Å². The van der Waals surface area contributed by atoms with Gasteiger partial charge in [0.15, 0.2) is 19.7 Å². The summed E-state index contributed by atoms with van der Waals surface area (Å²) in [5.41, 5.74) is 1.11. The molecule has 0 saturated heterocycles. The summed E-state index contributed by atoms with van der Waals surface area (Å²) in [4.78, 5) is 35.9. The monoisotopic (exact) mass is 558 g/mol. The number of carbonyl (C=O) groups is 3. The second-order valence-corrected chi connectivity index (χ2v) is 8.13. The van der Waals surface area contributed by atoms with Crippen LogP contribution in [0.1, 0.15) is 54.4 Å². The van der Waals surface area contributed by atoms with E-state index in [4.69, 9.17) is 33.2 Å². The van der Waals surface area contributed by atoms with Gasteiger partial charge in [-0.15, -0.1) is 6.58 Å². The Morgan fingerprint density at radius 3 is 1.56 bits per heavy atom. The van der Waals surface area contributed by atoms with Crippen LogP contribution in [0.15, 0.2) is 49.0 Å². The molecule has 0 fully saturated rings. The number of hydrogen-bond acceptors (Lipinski definition) is 10. The summed E-state index contributed by atoms with van der Waals surface area (Å²) in [6, 6.07) is 0. The van der Waals surface area contributed by atoms with Gasteiger partial charge in [-0.05, 0) is 40.5 Å². The van der Waals surface area contributed by atoms with Gasteiger partial charge in [0.2, 0.25) is 0 Å². The molecule has 2 N–H and O–H groups in total. The summed E-state index contributed by atoms with van der Waals surface area (Å²) in [5, 5.41) is 4.73. The van der Waals surface area contributed by atoms with Crippen molar-refractivity contribution in [3.05, 3.63) is 49.0 Å². The van der Waals surface area contributed by atoms with Gasteiger partial charge in [0.05, 0.1) is 31.4 Å². The van der Waals surface area contributed by atoms with E-state index in [-0.39, 0.29) is 45.6 Å². The van der Waals surface area contributed by atoms with Crippen LogP contribution in [0.5, 0.6) is 0 Å². The molecule has 0 radical (unpaired) electrons.